The average Bonchev–Trinajstić information content (AvgIpc) is 2.95. The molecule has 1 aromatic heterocycles. The minimum absolute atomic E-state index is 0.262. The van der Waals surface area contributed by atoms with E-state index in [4.69, 9.17) is 5.11 Å². The Hall–Kier alpha value is -2.54. The summed E-state index contributed by atoms with van der Waals surface area (Å²) in [7, 11) is 0. The molecule has 2 heterocycles. The molecule has 0 radical (unpaired) electrons. The lowest BCUT2D eigenvalue weighted by Crippen LogP contribution is -2.19. The summed E-state index contributed by atoms with van der Waals surface area (Å²) in [6.07, 6.45) is 1.43. The third-order valence-electron chi connectivity index (χ3n) is 2.76. The topological polar surface area (TPSA) is 97.1 Å². The van der Waals surface area contributed by atoms with E-state index >= 15 is 0 Å². The number of amides is 2. The molecular formula is C11H8N4O3. The van der Waals surface area contributed by atoms with Crippen molar-refractivity contribution in [1.29, 1.82) is 0 Å². The maximum absolute atomic E-state index is 11.5. The normalized spacial score (nSPS) is 13.6. The number of nitrogens with zero attached hydrogens (tertiary/aromatic N) is 3. The number of aliphatic hydroxyl groups excluding tert-OH is 1. The van der Waals surface area contributed by atoms with Gasteiger partial charge in [-0.05, 0) is 18.2 Å². The van der Waals surface area contributed by atoms with Crippen molar-refractivity contribution < 1.29 is 14.7 Å². The van der Waals surface area contributed by atoms with Crippen LogP contribution in [-0.2, 0) is 6.61 Å². The predicted octanol–water partition coefficient (Wildman–Crippen LogP) is -0.357. The number of hydrogen-bond acceptors (Lipinski definition) is 5. The van der Waals surface area contributed by atoms with Gasteiger partial charge < -0.3 is 5.11 Å². The molecule has 2 N–H and O–H groups in total. The number of carbonyl (C=O) groups is 2. The van der Waals surface area contributed by atoms with Crippen LogP contribution in [0.5, 0.6) is 0 Å². The van der Waals surface area contributed by atoms with Gasteiger partial charge in [-0.3, -0.25) is 19.5 Å². The molecule has 7 nitrogen and oxygen atoms in total. The van der Waals surface area contributed by atoms with Gasteiger partial charge in [-0.2, -0.15) is 0 Å². The summed E-state index contributed by atoms with van der Waals surface area (Å²) in [4.78, 5) is 22.9. The maximum Gasteiger partial charge on any atom is 0.259 e. The summed E-state index contributed by atoms with van der Waals surface area (Å²) in [5.74, 6) is -0.456. The summed E-state index contributed by atoms with van der Waals surface area (Å²) in [5.41, 5.74) is 1.28. The highest BCUT2D eigenvalue weighted by molar-refractivity contribution is 6.21. The van der Waals surface area contributed by atoms with Gasteiger partial charge in [0.2, 0.25) is 0 Å². The molecule has 0 unspecified atom stereocenters. The van der Waals surface area contributed by atoms with Crippen LogP contribution >= 0.6 is 0 Å². The number of fused-ring (bicyclic) bond motifs is 1. The fourth-order valence-corrected chi connectivity index (χ4v) is 1.89. The molecule has 3 rings (SSSR count). The zero-order valence-corrected chi connectivity index (χ0v) is 9.12. The quantitative estimate of drug-likeness (QED) is 0.703. The predicted molar refractivity (Wildman–Crippen MR) is 59.1 cm³/mol. The molecule has 0 spiro atoms. The minimum atomic E-state index is -0.421. The highest BCUT2D eigenvalue weighted by Crippen LogP contribution is 2.20. The summed E-state index contributed by atoms with van der Waals surface area (Å²) < 4.78 is 1.55. The second-order valence-corrected chi connectivity index (χ2v) is 3.79. The zero-order valence-electron chi connectivity index (χ0n) is 9.12. The first-order valence-corrected chi connectivity index (χ1v) is 5.20. The van der Waals surface area contributed by atoms with E-state index in [9.17, 15) is 9.59 Å². The molecule has 7 heteroatoms. The minimum Gasteiger partial charge on any atom is -0.388 e. The van der Waals surface area contributed by atoms with Gasteiger partial charge >= 0.3 is 0 Å². The van der Waals surface area contributed by atoms with Crippen LogP contribution in [0.25, 0.3) is 5.69 Å². The van der Waals surface area contributed by atoms with E-state index in [-0.39, 0.29) is 6.61 Å². The number of hydrogen-bond donors (Lipinski definition) is 2. The Morgan fingerprint density at radius 3 is 2.78 bits per heavy atom. The van der Waals surface area contributed by atoms with Gasteiger partial charge in [0.1, 0.15) is 12.9 Å². The number of aliphatic hydroxyl groups is 1. The smallest absolute Gasteiger partial charge is 0.259 e. The lowest BCUT2D eigenvalue weighted by molar-refractivity contribution is 0.0879. The van der Waals surface area contributed by atoms with E-state index in [0.717, 1.165) is 0 Å². The van der Waals surface area contributed by atoms with Crippen LogP contribution < -0.4 is 5.32 Å². The van der Waals surface area contributed by atoms with Gasteiger partial charge in [-0.25, -0.2) is 0 Å². The molecule has 0 aliphatic carbocycles. The zero-order chi connectivity index (χ0) is 12.7. The number of nitrogens with one attached hydrogen (secondary N) is 1. The first-order chi connectivity index (χ1) is 8.70. The summed E-state index contributed by atoms with van der Waals surface area (Å²) in [6.45, 7) is -0.262. The molecule has 0 fully saturated rings. The molecule has 1 aliphatic heterocycles. The summed E-state index contributed by atoms with van der Waals surface area (Å²) >= 11 is 0. The van der Waals surface area contributed by atoms with Crippen molar-refractivity contribution in [3.05, 3.63) is 41.5 Å². The van der Waals surface area contributed by atoms with Crippen molar-refractivity contribution in [1.82, 2.24) is 20.1 Å². The Balaban J connectivity index is 2.14. The van der Waals surface area contributed by atoms with Gasteiger partial charge in [-0.15, -0.1) is 10.2 Å². The van der Waals surface area contributed by atoms with Crippen molar-refractivity contribution in [2.24, 2.45) is 0 Å². The Morgan fingerprint density at radius 1 is 1.22 bits per heavy atom. The molecule has 90 valence electrons. The number of aromatic nitrogens is 3. The van der Waals surface area contributed by atoms with Gasteiger partial charge in [-0.1, -0.05) is 0 Å². The SMILES string of the molecule is O=C1NC(=O)c2cc(-n3cnnc3CO)ccc21. The number of rotatable bonds is 2. The Labute approximate surface area is 101 Å². The number of benzene rings is 1. The van der Waals surface area contributed by atoms with Crippen molar-refractivity contribution in [2.75, 3.05) is 0 Å². The van der Waals surface area contributed by atoms with Crippen molar-refractivity contribution >= 4 is 11.8 Å². The van der Waals surface area contributed by atoms with Crippen molar-refractivity contribution in [2.45, 2.75) is 6.61 Å². The second-order valence-electron chi connectivity index (χ2n) is 3.79. The Kier molecular flexibility index (Phi) is 2.20. The molecule has 0 atom stereocenters. The third kappa shape index (κ3) is 1.41. The van der Waals surface area contributed by atoms with Crippen molar-refractivity contribution in [3.8, 4) is 5.69 Å². The Bertz CT molecular complexity index is 662. The van der Waals surface area contributed by atoms with E-state index < -0.39 is 11.8 Å². The molecule has 0 bridgehead atoms. The first kappa shape index (κ1) is 10.6. The van der Waals surface area contributed by atoms with Crippen LogP contribution in [0, 0.1) is 0 Å². The third-order valence-corrected chi connectivity index (χ3v) is 2.76. The van der Waals surface area contributed by atoms with Crippen molar-refractivity contribution in [3.63, 3.8) is 0 Å². The van der Waals surface area contributed by atoms with E-state index in [2.05, 4.69) is 15.5 Å². The monoisotopic (exact) mass is 244 g/mol. The molecular weight excluding hydrogens is 236 g/mol. The summed E-state index contributed by atoms with van der Waals surface area (Å²) in [6, 6.07) is 4.80. The highest BCUT2D eigenvalue weighted by Gasteiger charge is 2.27. The van der Waals surface area contributed by atoms with Gasteiger partial charge in [0.15, 0.2) is 5.82 Å². The second kappa shape index (κ2) is 3.74. The molecule has 18 heavy (non-hydrogen) atoms. The lowest BCUT2D eigenvalue weighted by atomic mass is 10.1. The van der Waals surface area contributed by atoms with Gasteiger partial charge in [0.05, 0.1) is 11.1 Å². The number of imide groups is 1. The Morgan fingerprint density at radius 2 is 2.00 bits per heavy atom. The fraction of sp³-hybridized carbons (Fsp3) is 0.0909. The molecule has 0 saturated heterocycles. The summed E-state index contributed by atoms with van der Waals surface area (Å²) in [5, 5.41) is 18.7. The van der Waals surface area contributed by atoms with E-state index in [1.165, 1.54) is 6.33 Å². The molecule has 2 aromatic rings. The van der Waals surface area contributed by atoms with Crippen LogP contribution in [-0.4, -0.2) is 31.7 Å². The molecule has 1 aromatic carbocycles. The first-order valence-electron chi connectivity index (χ1n) is 5.20. The fourth-order valence-electron chi connectivity index (χ4n) is 1.89. The van der Waals surface area contributed by atoms with Crippen LogP contribution in [0.3, 0.4) is 0 Å². The maximum atomic E-state index is 11.5. The molecule has 0 saturated carbocycles. The van der Waals surface area contributed by atoms with Crippen LogP contribution in [0.4, 0.5) is 0 Å². The molecule has 2 amide bonds. The largest absolute Gasteiger partial charge is 0.388 e. The standard InChI is InChI=1S/C11H8N4O3/c16-4-9-14-12-5-15(9)6-1-2-7-8(3-6)11(18)13-10(7)17/h1-3,5,16H,4H2,(H,13,17,18). The highest BCUT2D eigenvalue weighted by atomic mass is 16.3. The average molecular weight is 244 g/mol. The van der Waals surface area contributed by atoms with Crippen LogP contribution in [0.2, 0.25) is 0 Å². The molecule has 1 aliphatic rings. The lowest BCUT2D eigenvalue weighted by Gasteiger charge is -2.05. The van der Waals surface area contributed by atoms with Gasteiger partial charge in [0, 0.05) is 5.69 Å². The van der Waals surface area contributed by atoms with E-state index in [1.807, 2.05) is 0 Å². The van der Waals surface area contributed by atoms with E-state index in [1.54, 1.807) is 22.8 Å². The number of carbonyl (C=O) groups excluding carboxylic acids is 2. The van der Waals surface area contributed by atoms with E-state index in [0.29, 0.717) is 22.6 Å². The van der Waals surface area contributed by atoms with Crippen LogP contribution in [0.15, 0.2) is 24.5 Å². The van der Waals surface area contributed by atoms with Gasteiger partial charge in [0.25, 0.3) is 11.8 Å². The van der Waals surface area contributed by atoms with Crippen LogP contribution in [0.1, 0.15) is 26.5 Å².